The van der Waals surface area contributed by atoms with Crippen LogP contribution in [-0.2, 0) is 6.54 Å². The molecule has 31 heavy (non-hydrogen) atoms. The van der Waals surface area contributed by atoms with Crippen LogP contribution in [0.2, 0.25) is 5.02 Å². The van der Waals surface area contributed by atoms with Crippen molar-refractivity contribution in [3.8, 4) is 17.1 Å². The second-order valence-electron chi connectivity index (χ2n) is 6.99. The summed E-state index contributed by atoms with van der Waals surface area (Å²) in [6.45, 7) is 0.259. The van der Waals surface area contributed by atoms with Crippen molar-refractivity contribution in [2.45, 2.75) is 6.54 Å². The van der Waals surface area contributed by atoms with Crippen LogP contribution in [0.15, 0.2) is 87.2 Å². The number of nitrogens with zero attached hydrogens (tertiary/aromatic N) is 2. The fraction of sp³-hybridized carbons (Fsp3) is 0.0435. The summed E-state index contributed by atoms with van der Waals surface area (Å²) in [5.41, 5.74) is 0.399. The van der Waals surface area contributed by atoms with Crippen molar-refractivity contribution < 1.29 is 9.52 Å². The smallest absolute Gasteiger partial charge is 0.279 e. The number of hydrogen-bond donors (Lipinski definition) is 1. The maximum Gasteiger partial charge on any atom is 0.279 e. The normalized spacial score (nSPS) is 11.0. The number of para-hydroxylation sites is 1. The lowest BCUT2D eigenvalue weighted by molar-refractivity contribution is 0.472. The van der Waals surface area contributed by atoms with Crippen molar-refractivity contribution in [3.05, 3.63) is 104 Å². The number of benzene rings is 2. The number of aromatic hydroxyl groups is 1. The summed E-state index contributed by atoms with van der Waals surface area (Å²) in [7, 11) is 0. The number of furan rings is 1. The van der Waals surface area contributed by atoms with Crippen molar-refractivity contribution in [2.24, 2.45) is 0 Å². The van der Waals surface area contributed by atoms with Gasteiger partial charge in [-0.25, -0.2) is 0 Å². The molecule has 0 spiro atoms. The minimum absolute atomic E-state index is 0. The lowest BCUT2D eigenvalue weighted by Gasteiger charge is -2.10. The maximum absolute atomic E-state index is 13.0. The minimum atomic E-state index is -0.660. The minimum Gasteiger partial charge on any atom is -0.503 e. The molecule has 0 unspecified atom stereocenters. The third-order valence-electron chi connectivity index (χ3n) is 5.01. The van der Waals surface area contributed by atoms with Crippen LogP contribution in [0.1, 0.15) is 5.56 Å². The summed E-state index contributed by atoms with van der Waals surface area (Å²) < 4.78 is 8.62. The summed E-state index contributed by atoms with van der Waals surface area (Å²) >= 11 is 6.02. The molecule has 0 radical (unpaired) electrons. The summed E-state index contributed by atoms with van der Waals surface area (Å²) in [6.07, 6.45) is 4.72. The second kappa shape index (κ2) is 7.98. The first kappa shape index (κ1) is 20.8. The summed E-state index contributed by atoms with van der Waals surface area (Å²) in [5.74, 6) is -0.285. The Morgan fingerprint density at radius 2 is 1.81 bits per heavy atom. The predicted molar refractivity (Wildman–Crippen MR) is 123 cm³/mol. The molecule has 0 fully saturated rings. The van der Waals surface area contributed by atoms with E-state index in [0.717, 1.165) is 10.9 Å². The maximum atomic E-state index is 13.0. The van der Waals surface area contributed by atoms with Gasteiger partial charge >= 0.3 is 0 Å². The van der Waals surface area contributed by atoms with E-state index < -0.39 is 16.7 Å². The third kappa shape index (κ3) is 3.60. The molecule has 3 aromatic heterocycles. The molecule has 1 N–H and O–H groups in total. The van der Waals surface area contributed by atoms with E-state index in [1.54, 1.807) is 42.7 Å². The van der Waals surface area contributed by atoms with Gasteiger partial charge in [-0.1, -0.05) is 41.9 Å². The lowest BCUT2D eigenvalue weighted by atomic mass is 10.1. The highest BCUT2D eigenvalue weighted by Crippen LogP contribution is 2.27. The molecule has 156 valence electrons. The van der Waals surface area contributed by atoms with Crippen molar-refractivity contribution >= 4 is 40.5 Å². The Balaban J connectivity index is 0.00000231. The molecule has 8 heteroatoms. The van der Waals surface area contributed by atoms with Gasteiger partial charge in [0.2, 0.25) is 5.43 Å². The summed E-state index contributed by atoms with van der Waals surface area (Å²) in [4.78, 5) is 25.8. The van der Waals surface area contributed by atoms with E-state index in [2.05, 4.69) is 0 Å². The Kier molecular flexibility index (Phi) is 5.35. The number of rotatable bonds is 3. The fourth-order valence-corrected chi connectivity index (χ4v) is 3.76. The molecule has 0 aliphatic carbocycles. The van der Waals surface area contributed by atoms with Crippen LogP contribution in [0.4, 0.5) is 0 Å². The average Bonchev–Trinajstić information content (AvgIpc) is 3.16. The SMILES string of the molecule is Cl.O=c1c(-c2cc3ccccc3o2)cn2ccn(Cc3cccc(Cl)c3)c(=O)c2c1O. The standard InChI is InChI=1S/C23H15ClN2O4.ClH/c24-16-6-3-4-14(10-16)12-26-9-8-25-13-17(21(27)22(28)20(25)23(26)29)19-11-15-5-1-2-7-18(15)30-19;/h1-11,13,28H,12H2;1H. The van der Waals surface area contributed by atoms with Crippen LogP contribution in [0.5, 0.6) is 5.75 Å². The molecule has 0 saturated heterocycles. The molecular formula is C23H16Cl2N2O4. The molecule has 2 aromatic carbocycles. The van der Waals surface area contributed by atoms with E-state index in [0.29, 0.717) is 16.4 Å². The topological polar surface area (TPSA) is 76.9 Å². The Labute approximate surface area is 187 Å². The number of pyridine rings is 1. The highest BCUT2D eigenvalue weighted by Gasteiger charge is 2.18. The monoisotopic (exact) mass is 454 g/mol. The highest BCUT2D eigenvalue weighted by molar-refractivity contribution is 6.30. The lowest BCUT2D eigenvalue weighted by Crippen LogP contribution is -2.24. The Bertz CT molecular complexity index is 1520. The molecule has 0 aliphatic heterocycles. The number of hydrogen-bond acceptors (Lipinski definition) is 4. The first-order valence-electron chi connectivity index (χ1n) is 9.22. The highest BCUT2D eigenvalue weighted by atomic mass is 35.5. The van der Waals surface area contributed by atoms with E-state index in [1.807, 2.05) is 24.3 Å². The van der Waals surface area contributed by atoms with Crippen LogP contribution in [0, 0.1) is 0 Å². The number of halogens is 2. The Morgan fingerprint density at radius 3 is 2.58 bits per heavy atom. The second-order valence-corrected chi connectivity index (χ2v) is 7.42. The third-order valence-corrected chi connectivity index (χ3v) is 5.25. The zero-order valence-corrected chi connectivity index (χ0v) is 17.6. The molecule has 0 amide bonds. The van der Waals surface area contributed by atoms with Gasteiger partial charge in [0.1, 0.15) is 11.3 Å². The van der Waals surface area contributed by atoms with Gasteiger partial charge in [0.05, 0.1) is 12.1 Å². The van der Waals surface area contributed by atoms with Crippen molar-refractivity contribution in [1.82, 2.24) is 8.97 Å². The van der Waals surface area contributed by atoms with Gasteiger partial charge in [-0.2, -0.15) is 0 Å². The van der Waals surface area contributed by atoms with Gasteiger partial charge in [0, 0.05) is 29.0 Å². The number of aromatic nitrogens is 2. The van der Waals surface area contributed by atoms with E-state index in [9.17, 15) is 14.7 Å². The molecule has 5 aromatic rings. The molecule has 0 atom stereocenters. The van der Waals surface area contributed by atoms with Gasteiger partial charge in [0.25, 0.3) is 5.56 Å². The van der Waals surface area contributed by atoms with Crippen molar-refractivity contribution in [3.63, 3.8) is 0 Å². The Hall–Kier alpha value is -3.48. The van der Waals surface area contributed by atoms with Crippen molar-refractivity contribution in [1.29, 1.82) is 0 Å². The Morgan fingerprint density at radius 1 is 1.00 bits per heavy atom. The van der Waals surface area contributed by atoms with Gasteiger partial charge in [-0.3, -0.25) is 9.59 Å². The number of fused-ring (bicyclic) bond motifs is 2. The zero-order chi connectivity index (χ0) is 20.8. The average molecular weight is 455 g/mol. The summed E-state index contributed by atoms with van der Waals surface area (Å²) in [5, 5.41) is 12.0. The van der Waals surface area contributed by atoms with Crippen LogP contribution in [0.3, 0.4) is 0 Å². The van der Waals surface area contributed by atoms with Gasteiger partial charge in [-0.15, -0.1) is 12.4 Å². The molecular weight excluding hydrogens is 439 g/mol. The van der Waals surface area contributed by atoms with Crippen LogP contribution in [0.25, 0.3) is 27.8 Å². The molecule has 3 heterocycles. The van der Waals surface area contributed by atoms with E-state index in [1.165, 1.54) is 15.2 Å². The first-order valence-corrected chi connectivity index (χ1v) is 9.60. The molecule has 0 saturated carbocycles. The van der Waals surface area contributed by atoms with E-state index in [-0.39, 0.29) is 30.0 Å². The summed E-state index contributed by atoms with van der Waals surface area (Å²) in [6, 6.07) is 16.3. The first-order chi connectivity index (χ1) is 14.5. The molecule has 6 nitrogen and oxygen atoms in total. The van der Waals surface area contributed by atoms with Crippen LogP contribution < -0.4 is 11.0 Å². The molecule has 5 rings (SSSR count). The van der Waals surface area contributed by atoms with Crippen molar-refractivity contribution in [2.75, 3.05) is 0 Å². The van der Waals surface area contributed by atoms with Crippen LogP contribution in [-0.4, -0.2) is 14.1 Å². The van der Waals surface area contributed by atoms with Gasteiger partial charge in [0.15, 0.2) is 11.3 Å². The van der Waals surface area contributed by atoms with E-state index in [4.69, 9.17) is 16.0 Å². The largest absolute Gasteiger partial charge is 0.503 e. The molecule has 0 aliphatic rings. The fourth-order valence-electron chi connectivity index (χ4n) is 3.55. The quantitative estimate of drug-likeness (QED) is 0.428. The van der Waals surface area contributed by atoms with Gasteiger partial charge < -0.3 is 18.5 Å². The zero-order valence-electron chi connectivity index (χ0n) is 16.0. The van der Waals surface area contributed by atoms with E-state index >= 15 is 0 Å². The van der Waals surface area contributed by atoms with Gasteiger partial charge in [-0.05, 0) is 29.8 Å². The van der Waals surface area contributed by atoms with Crippen LogP contribution >= 0.6 is 24.0 Å². The molecule has 0 bridgehead atoms. The predicted octanol–water partition coefficient (Wildman–Crippen LogP) is 4.70.